The van der Waals surface area contributed by atoms with Crippen molar-refractivity contribution in [3.8, 4) is 5.75 Å². The first-order chi connectivity index (χ1) is 11.5. The Morgan fingerprint density at radius 1 is 1.12 bits per heavy atom. The molecule has 1 heterocycles. The zero-order valence-corrected chi connectivity index (χ0v) is 16.5. The first-order valence-electron chi connectivity index (χ1n) is 8.12. The van der Waals surface area contributed by atoms with E-state index in [0.717, 1.165) is 39.2 Å². The minimum atomic E-state index is 0.697. The van der Waals surface area contributed by atoms with Gasteiger partial charge in [-0.1, -0.05) is 33.6 Å². The SMILES string of the molecule is Cc1cc(OCCCc2c[nH]c3c(C)c(Br)ccc23)cc(C)c1Cl. The van der Waals surface area contributed by atoms with E-state index in [1.807, 2.05) is 26.0 Å². The number of hydrogen-bond acceptors (Lipinski definition) is 1. The number of rotatable bonds is 5. The van der Waals surface area contributed by atoms with Crippen LogP contribution in [0.3, 0.4) is 0 Å². The number of aromatic amines is 1. The van der Waals surface area contributed by atoms with E-state index in [4.69, 9.17) is 16.3 Å². The minimum absolute atomic E-state index is 0.697. The van der Waals surface area contributed by atoms with Gasteiger partial charge in [0.25, 0.3) is 0 Å². The highest BCUT2D eigenvalue weighted by Crippen LogP contribution is 2.28. The summed E-state index contributed by atoms with van der Waals surface area (Å²) in [5, 5.41) is 2.12. The quantitative estimate of drug-likeness (QED) is 0.479. The van der Waals surface area contributed by atoms with Gasteiger partial charge in [-0.25, -0.2) is 0 Å². The second kappa shape index (κ2) is 7.20. The van der Waals surface area contributed by atoms with Gasteiger partial charge in [-0.3, -0.25) is 0 Å². The summed E-state index contributed by atoms with van der Waals surface area (Å²) in [6, 6.07) is 8.29. The summed E-state index contributed by atoms with van der Waals surface area (Å²) in [7, 11) is 0. The fraction of sp³-hybridized carbons (Fsp3) is 0.300. The van der Waals surface area contributed by atoms with Crippen LogP contribution in [0.25, 0.3) is 10.9 Å². The van der Waals surface area contributed by atoms with Gasteiger partial charge in [-0.2, -0.15) is 0 Å². The highest BCUT2D eigenvalue weighted by atomic mass is 79.9. The van der Waals surface area contributed by atoms with Crippen LogP contribution in [0.5, 0.6) is 5.75 Å². The molecule has 0 aliphatic carbocycles. The third kappa shape index (κ3) is 3.47. The number of aryl methyl sites for hydroxylation is 4. The van der Waals surface area contributed by atoms with Crippen LogP contribution < -0.4 is 4.74 Å². The molecule has 0 amide bonds. The van der Waals surface area contributed by atoms with E-state index in [2.05, 4.69) is 46.2 Å². The van der Waals surface area contributed by atoms with Crippen molar-refractivity contribution in [1.29, 1.82) is 0 Å². The fourth-order valence-corrected chi connectivity index (χ4v) is 3.47. The molecule has 3 aromatic rings. The number of fused-ring (bicyclic) bond motifs is 1. The van der Waals surface area contributed by atoms with Gasteiger partial charge in [0.15, 0.2) is 0 Å². The number of H-pyrrole nitrogens is 1. The molecular formula is C20H21BrClNO. The molecule has 0 saturated heterocycles. The van der Waals surface area contributed by atoms with Crippen molar-refractivity contribution in [2.45, 2.75) is 33.6 Å². The fourth-order valence-electron chi connectivity index (χ4n) is 3.03. The molecule has 0 spiro atoms. The minimum Gasteiger partial charge on any atom is -0.494 e. The smallest absolute Gasteiger partial charge is 0.119 e. The maximum atomic E-state index is 6.20. The average Bonchev–Trinajstić information content (AvgIpc) is 2.96. The molecule has 2 nitrogen and oxygen atoms in total. The normalized spacial score (nSPS) is 11.2. The summed E-state index contributed by atoms with van der Waals surface area (Å²) in [4.78, 5) is 3.39. The largest absolute Gasteiger partial charge is 0.494 e. The summed E-state index contributed by atoms with van der Waals surface area (Å²) < 4.78 is 7.04. The van der Waals surface area contributed by atoms with Gasteiger partial charge >= 0.3 is 0 Å². The van der Waals surface area contributed by atoms with Crippen LogP contribution in [0.1, 0.15) is 28.7 Å². The van der Waals surface area contributed by atoms with Gasteiger partial charge in [-0.15, -0.1) is 0 Å². The number of halogens is 2. The molecule has 0 unspecified atom stereocenters. The second-order valence-corrected chi connectivity index (χ2v) is 7.46. The summed E-state index contributed by atoms with van der Waals surface area (Å²) in [6.45, 7) is 6.84. The molecular weight excluding hydrogens is 386 g/mol. The van der Waals surface area contributed by atoms with Crippen molar-refractivity contribution in [3.05, 3.63) is 62.2 Å². The molecule has 0 atom stereocenters. The molecule has 0 saturated carbocycles. The maximum absolute atomic E-state index is 6.20. The zero-order valence-electron chi connectivity index (χ0n) is 14.2. The molecule has 0 aliphatic heterocycles. The second-order valence-electron chi connectivity index (χ2n) is 6.23. The first kappa shape index (κ1) is 17.4. The van der Waals surface area contributed by atoms with E-state index in [0.29, 0.717) is 6.61 Å². The van der Waals surface area contributed by atoms with E-state index in [-0.39, 0.29) is 0 Å². The Bertz CT molecular complexity index is 862. The number of aromatic nitrogens is 1. The zero-order chi connectivity index (χ0) is 17.3. The predicted molar refractivity (Wildman–Crippen MR) is 105 cm³/mol. The van der Waals surface area contributed by atoms with E-state index in [1.165, 1.54) is 22.0 Å². The molecule has 0 aliphatic rings. The lowest BCUT2D eigenvalue weighted by atomic mass is 10.1. The van der Waals surface area contributed by atoms with Gasteiger partial charge in [0.1, 0.15) is 5.75 Å². The van der Waals surface area contributed by atoms with Gasteiger partial charge < -0.3 is 9.72 Å². The van der Waals surface area contributed by atoms with Crippen molar-refractivity contribution >= 4 is 38.4 Å². The van der Waals surface area contributed by atoms with Crippen LogP contribution in [-0.4, -0.2) is 11.6 Å². The average molecular weight is 407 g/mol. The Kier molecular flexibility index (Phi) is 5.21. The number of ether oxygens (including phenoxy) is 1. The number of hydrogen-bond donors (Lipinski definition) is 1. The molecule has 3 rings (SSSR count). The number of benzene rings is 2. The molecule has 126 valence electrons. The standard InChI is InChI=1S/C20H21BrClNO/c1-12-9-16(10-13(2)19(12)22)24-8-4-5-15-11-23-20-14(3)18(21)7-6-17(15)20/h6-7,9-11,23H,4-5,8H2,1-3H3. The van der Waals surface area contributed by atoms with Crippen molar-refractivity contribution in [3.63, 3.8) is 0 Å². The summed E-state index contributed by atoms with van der Waals surface area (Å²) >= 11 is 9.78. The van der Waals surface area contributed by atoms with Gasteiger partial charge in [0.2, 0.25) is 0 Å². The van der Waals surface area contributed by atoms with E-state index in [9.17, 15) is 0 Å². The summed E-state index contributed by atoms with van der Waals surface area (Å²) in [5.41, 5.74) is 5.92. The maximum Gasteiger partial charge on any atom is 0.119 e. The lowest BCUT2D eigenvalue weighted by molar-refractivity contribution is 0.311. The van der Waals surface area contributed by atoms with Crippen LogP contribution in [0.2, 0.25) is 5.02 Å². The van der Waals surface area contributed by atoms with Crippen LogP contribution >= 0.6 is 27.5 Å². The highest BCUT2D eigenvalue weighted by Gasteiger charge is 2.08. The first-order valence-corrected chi connectivity index (χ1v) is 9.29. The van der Waals surface area contributed by atoms with Crippen LogP contribution in [0.4, 0.5) is 0 Å². The lowest BCUT2D eigenvalue weighted by Crippen LogP contribution is -2.00. The molecule has 24 heavy (non-hydrogen) atoms. The van der Waals surface area contributed by atoms with E-state index >= 15 is 0 Å². The monoisotopic (exact) mass is 405 g/mol. The van der Waals surface area contributed by atoms with E-state index < -0.39 is 0 Å². The van der Waals surface area contributed by atoms with Crippen LogP contribution in [0.15, 0.2) is 34.9 Å². The van der Waals surface area contributed by atoms with E-state index in [1.54, 1.807) is 0 Å². The molecule has 1 aromatic heterocycles. The van der Waals surface area contributed by atoms with Crippen LogP contribution in [0, 0.1) is 20.8 Å². The van der Waals surface area contributed by atoms with Crippen molar-refractivity contribution in [1.82, 2.24) is 4.98 Å². The third-order valence-corrected chi connectivity index (χ3v) is 5.86. The Morgan fingerprint density at radius 2 is 1.83 bits per heavy atom. The number of nitrogens with one attached hydrogen (secondary N) is 1. The van der Waals surface area contributed by atoms with Crippen molar-refractivity contribution in [2.75, 3.05) is 6.61 Å². The summed E-state index contributed by atoms with van der Waals surface area (Å²) in [5.74, 6) is 0.896. The Labute approximate surface area is 156 Å². The molecule has 0 radical (unpaired) electrons. The Balaban J connectivity index is 1.62. The molecule has 0 bridgehead atoms. The molecule has 2 aromatic carbocycles. The Morgan fingerprint density at radius 3 is 2.54 bits per heavy atom. The van der Waals surface area contributed by atoms with Gasteiger partial charge in [0, 0.05) is 26.6 Å². The third-order valence-electron chi connectivity index (χ3n) is 4.40. The van der Waals surface area contributed by atoms with Gasteiger partial charge in [0.05, 0.1) is 6.61 Å². The van der Waals surface area contributed by atoms with Crippen LogP contribution in [-0.2, 0) is 6.42 Å². The molecule has 1 N–H and O–H groups in total. The molecule has 4 heteroatoms. The lowest BCUT2D eigenvalue weighted by Gasteiger charge is -2.10. The van der Waals surface area contributed by atoms with Crippen molar-refractivity contribution < 1.29 is 4.74 Å². The van der Waals surface area contributed by atoms with Crippen molar-refractivity contribution in [2.24, 2.45) is 0 Å². The summed E-state index contributed by atoms with van der Waals surface area (Å²) in [6.07, 6.45) is 4.08. The molecule has 0 fully saturated rings. The topological polar surface area (TPSA) is 25.0 Å². The Hall–Kier alpha value is -1.45. The predicted octanol–water partition coefficient (Wildman–Crippen LogP) is 6.52. The van der Waals surface area contributed by atoms with Gasteiger partial charge in [-0.05, 0) is 74.1 Å². The highest BCUT2D eigenvalue weighted by molar-refractivity contribution is 9.10.